The van der Waals surface area contributed by atoms with Crippen LogP contribution in [0.4, 0.5) is 14.7 Å². The second kappa shape index (κ2) is 7.69. The highest BCUT2D eigenvalue weighted by Crippen LogP contribution is 2.33. The molecule has 2 aliphatic rings. The molecule has 4 heterocycles. The van der Waals surface area contributed by atoms with Crippen LogP contribution in [0.1, 0.15) is 32.7 Å². The minimum Gasteiger partial charge on any atom is -0.348 e. The number of sulfonamides is 1. The van der Waals surface area contributed by atoms with Gasteiger partial charge in [0.2, 0.25) is 16.0 Å². The van der Waals surface area contributed by atoms with E-state index < -0.39 is 28.4 Å². The van der Waals surface area contributed by atoms with Gasteiger partial charge < -0.3 is 15.2 Å². The van der Waals surface area contributed by atoms with E-state index in [-0.39, 0.29) is 37.2 Å². The van der Waals surface area contributed by atoms with Crippen LogP contribution in [-0.4, -0.2) is 77.1 Å². The Morgan fingerprint density at radius 3 is 2.77 bits per heavy atom. The molecule has 30 heavy (non-hydrogen) atoms. The molecule has 2 aromatic heterocycles. The summed E-state index contributed by atoms with van der Waals surface area (Å²) < 4.78 is 55.6. The summed E-state index contributed by atoms with van der Waals surface area (Å²) in [6, 6.07) is 0.910. The van der Waals surface area contributed by atoms with Gasteiger partial charge in [-0.2, -0.15) is 9.29 Å². The fraction of sp³-hybridized carbons (Fsp3) is 0.684. The van der Waals surface area contributed by atoms with Gasteiger partial charge in [0.05, 0.1) is 18.3 Å². The topological polar surface area (TPSA) is 92.2 Å². The maximum Gasteiger partial charge on any atom is 0.224 e. The fourth-order valence-electron chi connectivity index (χ4n) is 4.29. The van der Waals surface area contributed by atoms with Crippen LogP contribution in [0.2, 0.25) is 0 Å². The zero-order valence-corrected chi connectivity index (χ0v) is 18.2. The van der Waals surface area contributed by atoms with Crippen molar-refractivity contribution in [2.45, 2.75) is 56.7 Å². The predicted molar refractivity (Wildman–Crippen MR) is 112 cm³/mol. The molecule has 2 aromatic rings. The predicted octanol–water partition coefficient (Wildman–Crippen LogP) is 1.87. The Morgan fingerprint density at radius 1 is 1.30 bits per heavy atom. The third-order valence-corrected chi connectivity index (χ3v) is 7.28. The molecule has 0 bridgehead atoms. The molecular formula is C19H28F2N6O2S. The lowest BCUT2D eigenvalue weighted by Crippen LogP contribution is -2.52. The van der Waals surface area contributed by atoms with Crippen molar-refractivity contribution in [3.8, 4) is 0 Å². The second-order valence-corrected chi connectivity index (χ2v) is 10.9. The van der Waals surface area contributed by atoms with Crippen molar-refractivity contribution in [3.05, 3.63) is 18.5 Å². The summed E-state index contributed by atoms with van der Waals surface area (Å²) in [6.07, 6.45) is 3.05. The summed E-state index contributed by atoms with van der Waals surface area (Å²) in [6.45, 7) is 4.41. The van der Waals surface area contributed by atoms with Crippen molar-refractivity contribution in [1.29, 1.82) is 0 Å². The van der Waals surface area contributed by atoms with Gasteiger partial charge in [-0.3, -0.25) is 0 Å². The summed E-state index contributed by atoms with van der Waals surface area (Å²) in [4.78, 5) is 8.81. The largest absolute Gasteiger partial charge is 0.348 e. The molecule has 0 aliphatic carbocycles. The SMILES string of the molecule is CC1(C)C[C@@H](n2ccc3cnc(N[C@@H]4CCN(S(C)(=O)=O)C[C@H]4F)nc32)[C@@H](F)CN1. The van der Waals surface area contributed by atoms with E-state index in [1.165, 1.54) is 0 Å². The van der Waals surface area contributed by atoms with E-state index >= 15 is 0 Å². The Kier molecular flexibility index (Phi) is 5.48. The molecule has 2 aliphatic heterocycles. The Hall–Kier alpha value is -1.85. The first-order valence-electron chi connectivity index (χ1n) is 10.1. The number of fused-ring (bicyclic) bond motifs is 1. The van der Waals surface area contributed by atoms with E-state index in [4.69, 9.17) is 0 Å². The average Bonchev–Trinajstić information content (AvgIpc) is 3.07. The van der Waals surface area contributed by atoms with Crippen LogP contribution in [0.5, 0.6) is 0 Å². The van der Waals surface area contributed by atoms with Gasteiger partial charge in [0.15, 0.2) is 0 Å². The van der Waals surface area contributed by atoms with Gasteiger partial charge in [0.25, 0.3) is 0 Å². The van der Waals surface area contributed by atoms with Crippen LogP contribution < -0.4 is 10.6 Å². The third-order valence-electron chi connectivity index (χ3n) is 6.01. The van der Waals surface area contributed by atoms with Crippen LogP contribution >= 0.6 is 0 Å². The van der Waals surface area contributed by atoms with E-state index in [2.05, 4.69) is 20.6 Å². The maximum atomic E-state index is 14.7. The van der Waals surface area contributed by atoms with Crippen molar-refractivity contribution < 1.29 is 17.2 Å². The minimum atomic E-state index is -3.42. The molecule has 2 N–H and O–H groups in total. The molecular weight excluding hydrogens is 414 g/mol. The Labute approximate surface area is 175 Å². The summed E-state index contributed by atoms with van der Waals surface area (Å²) in [5.41, 5.74) is 0.411. The summed E-state index contributed by atoms with van der Waals surface area (Å²) in [7, 11) is -3.42. The zero-order chi connectivity index (χ0) is 21.7. The highest BCUT2D eigenvalue weighted by atomic mass is 32.2. The van der Waals surface area contributed by atoms with Crippen molar-refractivity contribution in [2.24, 2.45) is 0 Å². The summed E-state index contributed by atoms with van der Waals surface area (Å²) in [5.74, 6) is 0.256. The van der Waals surface area contributed by atoms with E-state index in [0.717, 1.165) is 15.9 Å². The number of nitrogens with zero attached hydrogens (tertiary/aromatic N) is 4. The standard InChI is InChI=1S/C19H28F2N6O2S/c1-19(2)8-16(13(20)10-23-19)27-7-4-12-9-22-18(25-17(12)27)24-15-5-6-26(11-14(15)21)30(3,28)29/h4,7,9,13-16,23H,5-6,8,10-11H2,1-3H3,(H,22,24,25)/t13-,14+,15+,16+/m0/s1. The van der Waals surface area contributed by atoms with Gasteiger partial charge in [-0.25, -0.2) is 22.2 Å². The first-order chi connectivity index (χ1) is 14.0. The van der Waals surface area contributed by atoms with E-state index in [1.54, 1.807) is 6.20 Å². The van der Waals surface area contributed by atoms with Crippen LogP contribution in [-0.2, 0) is 10.0 Å². The molecule has 0 radical (unpaired) electrons. The lowest BCUT2D eigenvalue weighted by Gasteiger charge is -2.39. The van der Waals surface area contributed by atoms with Gasteiger partial charge >= 0.3 is 0 Å². The molecule has 8 nitrogen and oxygen atoms in total. The molecule has 0 amide bonds. The highest BCUT2D eigenvalue weighted by Gasteiger charge is 2.37. The number of anilines is 1. The maximum absolute atomic E-state index is 14.7. The van der Waals surface area contributed by atoms with Crippen molar-refractivity contribution >= 4 is 27.0 Å². The number of rotatable bonds is 4. The number of aromatic nitrogens is 3. The van der Waals surface area contributed by atoms with Crippen LogP contribution in [0.25, 0.3) is 11.0 Å². The van der Waals surface area contributed by atoms with Gasteiger partial charge in [0, 0.05) is 43.0 Å². The molecule has 4 rings (SSSR count). The summed E-state index contributed by atoms with van der Waals surface area (Å²) in [5, 5.41) is 7.00. The quantitative estimate of drug-likeness (QED) is 0.751. The van der Waals surface area contributed by atoms with E-state index in [1.807, 2.05) is 30.7 Å². The van der Waals surface area contributed by atoms with Crippen molar-refractivity contribution in [1.82, 2.24) is 24.2 Å². The Balaban J connectivity index is 1.55. The van der Waals surface area contributed by atoms with Crippen LogP contribution in [0.15, 0.2) is 18.5 Å². The fourth-order valence-corrected chi connectivity index (χ4v) is 5.14. The molecule has 11 heteroatoms. The van der Waals surface area contributed by atoms with E-state index in [0.29, 0.717) is 18.5 Å². The zero-order valence-electron chi connectivity index (χ0n) is 17.3. The van der Waals surface area contributed by atoms with E-state index in [9.17, 15) is 17.2 Å². The highest BCUT2D eigenvalue weighted by molar-refractivity contribution is 7.88. The molecule has 0 saturated carbocycles. The van der Waals surface area contributed by atoms with Gasteiger partial charge in [-0.05, 0) is 32.8 Å². The Bertz CT molecular complexity index is 1030. The van der Waals surface area contributed by atoms with Crippen molar-refractivity contribution in [3.63, 3.8) is 0 Å². The lowest BCUT2D eigenvalue weighted by molar-refractivity contribution is 0.125. The summed E-state index contributed by atoms with van der Waals surface area (Å²) >= 11 is 0. The van der Waals surface area contributed by atoms with Crippen molar-refractivity contribution in [2.75, 3.05) is 31.2 Å². The number of hydrogen-bond acceptors (Lipinski definition) is 6. The number of nitrogens with one attached hydrogen (secondary N) is 2. The first-order valence-corrected chi connectivity index (χ1v) is 12.0. The second-order valence-electron chi connectivity index (χ2n) is 8.92. The van der Waals surface area contributed by atoms with Gasteiger partial charge in [0.1, 0.15) is 18.0 Å². The normalized spacial score (nSPS) is 30.4. The number of halogens is 2. The molecule has 166 valence electrons. The van der Waals surface area contributed by atoms with Crippen LogP contribution in [0, 0.1) is 0 Å². The van der Waals surface area contributed by atoms with Gasteiger partial charge in [-0.1, -0.05) is 0 Å². The first kappa shape index (κ1) is 21.4. The molecule has 0 unspecified atom stereocenters. The number of alkyl halides is 2. The average molecular weight is 443 g/mol. The third kappa shape index (κ3) is 4.28. The molecule has 2 fully saturated rings. The molecule has 4 atom stereocenters. The number of hydrogen-bond donors (Lipinski definition) is 2. The van der Waals surface area contributed by atoms with Crippen LogP contribution in [0.3, 0.4) is 0 Å². The lowest BCUT2D eigenvalue weighted by atomic mass is 9.88. The monoisotopic (exact) mass is 442 g/mol. The smallest absolute Gasteiger partial charge is 0.224 e. The number of piperidine rings is 2. The minimum absolute atomic E-state index is 0.188. The Morgan fingerprint density at radius 2 is 2.07 bits per heavy atom. The van der Waals surface area contributed by atoms with Gasteiger partial charge in [-0.15, -0.1) is 0 Å². The molecule has 2 saturated heterocycles. The molecule has 0 aromatic carbocycles. The molecule has 0 spiro atoms.